The van der Waals surface area contributed by atoms with Crippen molar-refractivity contribution in [1.29, 1.82) is 0 Å². The summed E-state index contributed by atoms with van der Waals surface area (Å²) in [6, 6.07) is 6.73. The maximum Gasteiger partial charge on any atom is 0.342 e. The van der Waals surface area contributed by atoms with Gasteiger partial charge >= 0.3 is 5.97 Å². The molecule has 1 rings (SSSR count). The van der Waals surface area contributed by atoms with Gasteiger partial charge in [0, 0.05) is 11.8 Å². The molecular formula is C11H14NO4PS. The molecule has 1 atom stereocenters. The van der Waals surface area contributed by atoms with Gasteiger partial charge in [-0.05, 0) is 26.0 Å². The summed E-state index contributed by atoms with van der Waals surface area (Å²) in [5.41, 5.74) is 0.329. The van der Waals surface area contributed by atoms with E-state index in [1.807, 2.05) is 0 Å². The first-order valence-corrected chi connectivity index (χ1v) is 7.46. The second-order valence-electron chi connectivity index (χ2n) is 3.54. The minimum atomic E-state index is -1.54. The lowest BCUT2D eigenvalue weighted by atomic mass is 10.2. The van der Waals surface area contributed by atoms with Gasteiger partial charge in [0.25, 0.3) is 6.72 Å². The van der Waals surface area contributed by atoms with E-state index in [2.05, 4.69) is 9.75 Å². The number of ether oxygens (including phenoxy) is 1. The lowest BCUT2D eigenvalue weighted by molar-refractivity contribution is 0.0376. The minimum absolute atomic E-state index is 0.195. The molecule has 0 aliphatic carbocycles. The number of esters is 1. The van der Waals surface area contributed by atoms with Crippen LogP contribution in [0.1, 0.15) is 24.2 Å². The lowest BCUT2D eigenvalue weighted by Crippen LogP contribution is -2.12. The van der Waals surface area contributed by atoms with Crippen molar-refractivity contribution in [2.75, 3.05) is 7.11 Å². The minimum Gasteiger partial charge on any atom is -0.459 e. The van der Waals surface area contributed by atoms with Gasteiger partial charge in [0.05, 0.1) is 13.2 Å². The number of benzene rings is 1. The molecule has 0 aromatic heterocycles. The van der Waals surface area contributed by atoms with Gasteiger partial charge in [0.2, 0.25) is 0 Å². The maximum absolute atomic E-state index is 11.8. The van der Waals surface area contributed by atoms with E-state index in [1.165, 1.54) is 7.11 Å². The van der Waals surface area contributed by atoms with Gasteiger partial charge in [-0.3, -0.25) is 0 Å². The molecule has 7 heteroatoms. The quantitative estimate of drug-likeness (QED) is 0.473. The molecule has 0 N–H and O–H groups in total. The first-order chi connectivity index (χ1) is 8.54. The fourth-order valence-electron chi connectivity index (χ4n) is 1.16. The molecule has 0 fully saturated rings. The van der Waals surface area contributed by atoms with Gasteiger partial charge in [-0.15, -0.1) is 0 Å². The van der Waals surface area contributed by atoms with Crippen LogP contribution in [-0.2, 0) is 21.4 Å². The highest BCUT2D eigenvalue weighted by Crippen LogP contribution is 2.26. The van der Waals surface area contributed by atoms with Crippen LogP contribution >= 0.6 is 6.72 Å². The Hall–Kier alpha value is -1.23. The van der Waals surface area contributed by atoms with Crippen molar-refractivity contribution in [1.82, 2.24) is 0 Å². The first-order valence-electron chi connectivity index (χ1n) is 5.24. The van der Waals surface area contributed by atoms with E-state index >= 15 is 0 Å². The highest BCUT2D eigenvalue weighted by Gasteiger charge is 2.15. The third kappa shape index (κ3) is 4.56. The second-order valence-corrected chi connectivity index (χ2v) is 5.30. The summed E-state index contributed by atoms with van der Waals surface area (Å²) in [6.45, 7) is 2.02. The van der Waals surface area contributed by atoms with E-state index in [1.54, 1.807) is 38.1 Å². The Morgan fingerprint density at radius 2 is 2.06 bits per heavy atom. The van der Waals surface area contributed by atoms with Crippen molar-refractivity contribution in [2.24, 2.45) is 4.91 Å². The normalized spacial score (nSPS) is 11.4. The van der Waals surface area contributed by atoms with Gasteiger partial charge in [-0.25, -0.2) is 9.63 Å². The molecule has 1 aromatic carbocycles. The van der Waals surface area contributed by atoms with Crippen LogP contribution in [0.3, 0.4) is 0 Å². The molecule has 98 valence electrons. The number of hydrogen-bond donors (Lipinski definition) is 0. The number of nitrogens with zero attached hydrogens (tertiary/aromatic N) is 1. The number of para-hydroxylation sites is 1. The number of hydrogen-bond acceptors (Lipinski definition) is 6. The SMILES string of the molecule is CO/N=P(=S)/Oc1ccccc1C(=O)OC(C)C. The van der Waals surface area contributed by atoms with Crippen LogP contribution in [0.2, 0.25) is 0 Å². The molecule has 0 saturated carbocycles. The molecule has 0 amide bonds. The molecule has 0 aliphatic heterocycles. The number of carbonyl (C=O) groups excluding carboxylic acids is 1. The Morgan fingerprint density at radius 3 is 2.67 bits per heavy atom. The van der Waals surface area contributed by atoms with E-state index in [0.29, 0.717) is 11.3 Å². The highest BCUT2D eigenvalue weighted by molar-refractivity contribution is 7.98. The fraction of sp³-hybridized carbons (Fsp3) is 0.364. The molecule has 0 saturated heterocycles. The van der Waals surface area contributed by atoms with Gasteiger partial charge in [0.15, 0.2) is 0 Å². The Labute approximate surface area is 111 Å². The molecular weight excluding hydrogens is 273 g/mol. The molecule has 0 heterocycles. The van der Waals surface area contributed by atoms with Crippen molar-refractivity contribution in [2.45, 2.75) is 20.0 Å². The Morgan fingerprint density at radius 1 is 1.39 bits per heavy atom. The number of carbonyl (C=O) groups is 1. The molecule has 18 heavy (non-hydrogen) atoms. The van der Waals surface area contributed by atoms with Crippen LogP contribution in [0.25, 0.3) is 0 Å². The summed E-state index contributed by atoms with van der Waals surface area (Å²) >= 11 is 4.95. The Kier molecular flexibility index (Phi) is 5.98. The van der Waals surface area contributed by atoms with Crippen molar-refractivity contribution in [3.05, 3.63) is 29.8 Å². The monoisotopic (exact) mass is 287 g/mol. The summed E-state index contributed by atoms with van der Waals surface area (Å²) < 4.78 is 10.5. The zero-order valence-corrected chi connectivity index (χ0v) is 12.0. The van der Waals surface area contributed by atoms with Gasteiger partial charge < -0.3 is 9.26 Å². The van der Waals surface area contributed by atoms with E-state index < -0.39 is 12.7 Å². The van der Waals surface area contributed by atoms with Gasteiger partial charge in [-0.1, -0.05) is 17.0 Å². The second kappa shape index (κ2) is 7.26. The summed E-state index contributed by atoms with van der Waals surface area (Å²) in [7, 11) is 1.39. The summed E-state index contributed by atoms with van der Waals surface area (Å²) in [5, 5.41) is 0. The molecule has 1 aromatic rings. The third-order valence-corrected chi connectivity index (χ3v) is 2.85. The third-order valence-electron chi connectivity index (χ3n) is 1.77. The summed E-state index contributed by atoms with van der Waals surface area (Å²) in [5.74, 6) is -0.0959. The van der Waals surface area contributed by atoms with Crippen LogP contribution in [0.4, 0.5) is 0 Å². The molecule has 5 nitrogen and oxygen atoms in total. The summed E-state index contributed by atoms with van der Waals surface area (Å²) in [4.78, 5) is 20.0. The van der Waals surface area contributed by atoms with E-state index in [0.717, 1.165) is 0 Å². The molecule has 1 unspecified atom stereocenters. The Bertz CT molecular complexity index is 498. The standard InChI is InChI=1S/C11H14NO4PS/c1-8(2)15-11(13)9-6-4-5-7-10(9)16-17(18)12-14-3/h4-8H,1-3H3. The van der Waals surface area contributed by atoms with Crippen molar-refractivity contribution < 1.29 is 18.9 Å². The van der Waals surface area contributed by atoms with Gasteiger partial charge in [-0.2, -0.15) is 0 Å². The van der Waals surface area contributed by atoms with Crippen LogP contribution in [-0.4, -0.2) is 19.2 Å². The van der Waals surface area contributed by atoms with E-state index in [9.17, 15) is 4.79 Å². The summed E-state index contributed by atoms with van der Waals surface area (Å²) in [6.07, 6.45) is -0.195. The highest BCUT2D eigenvalue weighted by atomic mass is 32.4. The molecule has 0 bridgehead atoms. The van der Waals surface area contributed by atoms with Crippen molar-refractivity contribution in [3.8, 4) is 5.75 Å². The van der Waals surface area contributed by atoms with Crippen LogP contribution in [0.15, 0.2) is 29.2 Å². The molecule has 0 aliphatic rings. The average molecular weight is 287 g/mol. The first kappa shape index (κ1) is 14.8. The van der Waals surface area contributed by atoms with E-state index in [4.69, 9.17) is 21.1 Å². The lowest BCUT2D eigenvalue weighted by Gasteiger charge is -2.10. The van der Waals surface area contributed by atoms with Crippen molar-refractivity contribution in [3.63, 3.8) is 0 Å². The zero-order chi connectivity index (χ0) is 13.5. The average Bonchev–Trinajstić information content (AvgIpc) is 2.28. The zero-order valence-electron chi connectivity index (χ0n) is 10.3. The largest absolute Gasteiger partial charge is 0.459 e. The molecule has 0 radical (unpaired) electrons. The van der Waals surface area contributed by atoms with Crippen molar-refractivity contribution >= 4 is 24.5 Å². The van der Waals surface area contributed by atoms with E-state index in [-0.39, 0.29) is 6.10 Å². The molecule has 0 spiro atoms. The Balaban J connectivity index is 2.96. The fourth-order valence-corrected chi connectivity index (χ4v) is 2.09. The predicted octanol–water partition coefficient (Wildman–Crippen LogP) is 3.23. The maximum atomic E-state index is 11.8. The predicted molar refractivity (Wildman–Crippen MR) is 71.3 cm³/mol. The topological polar surface area (TPSA) is 57.1 Å². The van der Waals surface area contributed by atoms with Crippen LogP contribution in [0, 0.1) is 0 Å². The van der Waals surface area contributed by atoms with Crippen LogP contribution < -0.4 is 4.52 Å². The van der Waals surface area contributed by atoms with Crippen LogP contribution in [0.5, 0.6) is 5.75 Å². The number of rotatable bonds is 5. The van der Waals surface area contributed by atoms with Gasteiger partial charge in [0.1, 0.15) is 11.3 Å². The smallest absolute Gasteiger partial charge is 0.342 e.